The molecule has 27 heavy (non-hydrogen) atoms. The van der Waals surface area contributed by atoms with Crippen molar-refractivity contribution in [2.75, 3.05) is 32.2 Å². The summed E-state index contributed by atoms with van der Waals surface area (Å²) in [7, 11) is 1.56. The van der Waals surface area contributed by atoms with Crippen molar-refractivity contribution in [3.8, 4) is 5.88 Å². The van der Waals surface area contributed by atoms with Crippen molar-refractivity contribution in [2.24, 2.45) is 0 Å². The van der Waals surface area contributed by atoms with E-state index in [-0.39, 0.29) is 30.3 Å². The molecule has 0 fully saturated rings. The Bertz CT molecular complexity index is 804. The van der Waals surface area contributed by atoms with Gasteiger partial charge in [-0.2, -0.15) is 0 Å². The van der Waals surface area contributed by atoms with E-state index in [9.17, 15) is 14.0 Å². The first kappa shape index (κ1) is 20.8. The Kier molecular flexibility index (Phi) is 8.15. The number of carbonyl (C=O) groups is 2. The number of ether oxygens (including phenoxy) is 2. The summed E-state index contributed by atoms with van der Waals surface area (Å²) in [5.41, 5.74) is 0.592. The molecule has 2 N–H and O–H groups in total. The van der Waals surface area contributed by atoms with Crippen molar-refractivity contribution in [3.05, 3.63) is 52.4 Å². The van der Waals surface area contributed by atoms with Gasteiger partial charge in [-0.1, -0.05) is 0 Å². The van der Waals surface area contributed by atoms with Gasteiger partial charge in [-0.15, -0.1) is 0 Å². The van der Waals surface area contributed by atoms with Crippen LogP contribution in [-0.2, 0) is 9.53 Å². The molecule has 0 radical (unpaired) electrons. The highest BCUT2D eigenvalue weighted by Crippen LogP contribution is 2.20. The molecule has 0 saturated heterocycles. The Morgan fingerprint density at radius 2 is 2.07 bits per heavy atom. The molecule has 2 aromatic rings. The highest BCUT2D eigenvalue weighted by Gasteiger charge is 2.13. The molecule has 0 saturated carbocycles. The lowest BCUT2D eigenvalue weighted by Crippen LogP contribution is -2.28. The SMILES string of the molecule is COCCOc1ncccc1NC(=O)CCNC(=O)c1cc(F)ccc1Br. The van der Waals surface area contributed by atoms with E-state index in [4.69, 9.17) is 9.47 Å². The number of hydrogen-bond donors (Lipinski definition) is 2. The highest BCUT2D eigenvalue weighted by atomic mass is 79.9. The molecule has 0 atom stereocenters. The van der Waals surface area contributed by atoms with Gasteiger partial charge in [-0.25, -0.2) is 9.37 Å². The van der Waals surface area contributed by atoms with Crippen LogP contribution in [0.3, 0.4) is 0 Å². The van der Waals surface area contributed by atoms with Gasteiger partial charge in [0.25, 0.3) is 5.91 Å². The zero-order valence-electron chi connectivity index (χ0n) is 14.6. The van der Waals surface area contributed by atoms with Gasteiger partial charge in [-0.05, 0) is 46.3 Å². The van der Waals surface area contributed by atoms with E-state index in [1.807, 2.05) is 0 Å². The van der Waals surface area contributed by atoms with Crippen LogP contribution < -0.4 is 15.4 Å². The van der Waals surface area contributed by atoms with Crippen molar-refractivity contribution in [3.63, 3.8) is 0 Å². The molecule has 1 heterocycles. The first-order valence-electron chi connectivity index (χ1n) is 8.11. The second kappa shape index (κ2) is 10.6. The number of nitrogens with zero attached hydrogens (tertiary/aromatic N) is 1. The van der Waals surface area contributed by atoms with Crippen LogP contribution in [0.2, 0.25) is 0 Å². The van der Waals surface area contributed by atoms with Crippen LogP contribution in [0.5, 0.6) is 5.88 Å². The van der Waals surface area contributed by atoms with Crippen LogP contribution >= 0.6 is 15.9 Å². The molecule has 0 bridgehead atoms. The van der Waals surface area contributed by atoms with Crippen LogP contribution in [-0.4, -0.2) is 43.7 Å². The number of amides is 2. The van der Waals surface area contributed by atoms with Crippen molar-refractivity contribution in [2.45, 2.75) is 6.42 Å². The molecule has 1 aromatic heterocycles. The number of rotatable bonds is 9. The molecule has 0 unspecified atom stereocenters. The fraction of sp³-hybridized carbons (Fsp3) is 0.278. The quantitative estimate of drug-likeness (QED) is 0.586. The summed E-state index contributed by atoms with van der Waals surface area (Å²) in [6, 6.07) is 7.15. The van der Waals surface area contributed by atoms with E-state index in [0.717, 1.165) is 6.07 Å². The standard InChI is InChI=1S/C18H19BrFN3O4/c1-26-9-10-27-18-15(3-2-7-22-18)23-16(24)6-8-21-17(25)13-11-12(20)4-5-14(13)19/h2-5,7,11H,6,8-10H2,1H3,(H,21,25)(H,23,24). The number of aromatic nitrogens is 1. The van der Waals surface area contributed by atoms with Gasteiger partial charge in [0.05, 0.1) is 12.2 Å². The predicted octanol–water partition coefficient (Wildman–Crippen LogP) is 2.77. The minimum Gasteiger partial charge on any atom is -0.474 e. The average molecular weight is 440 g/mol. The molecule has 1 aromatic carbocycles. The van der Waals surface area contributed by atoms with Gasteiger partial charge in [-0.3, -0.25) is 9.59 Å². The molecule has 0 spiro atoms. The van der Waals surface area contributed by atoms with E-state index in [2.05, 4.69) is 31.5 Å². The van der Waals surface area contributed by atoms with Crippen LogP contribution in [0.1, 0.15) is 16.8 Å². The number of methoxy groups -OCH3 is 1. The van der Waals surface area contributed by atoms with Crippen molar-refractivity contribution >= 4 is 33.4 Å². The molecule has 0 aliphatic heterocycles. The number of benzene rings is 1. The van der Waals surface area contributed by atoms with Crippen LogP contribution in [0.15, 0.2) is 41.0 Å². The smallest absolute Gasteiger partial charge is 0.252 e. The Hall–Kier alpha value is -2.52. The monoisotopic (exact) mass is 439 g/mol. The third-order valence-electron chi connectivity index (χ3n) is 3.38. The summed E-state index contributed by atoms with van der Waals surface area (Å²) in [4.78, 5) is 28.2. The second-order valence-electron chi connectivity index (χ2n) is 5.38. The van der Waals surface area contributed by atoms with Crippen LogP contribution in [0.4, 0.5) is 10.1 Å². The molecular weight excluding hydrogens is 421 g/mol. The summed E-state index contributed by atoms with van der Waals surface area (Å²) in [6.07, 6.45) is 1.58. The molecule has 144 valence electrons. The number of anilines is 1. The van der Waals surface area contributed by atoms with E-state index in [1.54, 1.807) is 25.4 Å². The fourth-order valence-electron chi connectivity index (χ4n) is 2.09. The van der Waals surface area contributed by atoms with Crippen molar-refractivity contribution in [1.82, 2.24) is 10.3 Å². The topological polar surface area (TPSA) is 89.6 Å². The lowest BCUT2D eigenvalue weighted by atomic mass is 10.2. The Morgan fingerprint density at radius 3 is 2.85 bits per heavy atom. The normalized spacial score (nSPS) is 10.3. The first-order chi connectivity index (χ1) is 13.0. The number of pyridine rings is 1. The van der Waals surface area contributed by atoms with Crippen LogP contribution in [0, 0.1) is 5.82 Å². The van der Waals surface area contributed by atoms with Gasteiger partial charge >= 0.3 is 0 Å². The summed E-state index contributed by atoms with van der Waals surface area (Å²) in [6.45, 7) is 0.786. The molecule has 2 rings (SSSR count). The maximum absolute atomic E-state index is 13.3. The largest absolute Gasteiger partial charge is 0.474 e. The van der Waals surface area contributed by atoms with Gasteiger partial charge < -0.3 is 20.1 Å². The lowest BCUT2D eigenvalue weighted by Gasteiger charge is -2.11. The second-order valence-corrected chi connectivity index (χ2v) is 6.23. The highest BCUT2D eigenvalue weighted by molar-refractivity contribution is 9.10. The summed E-state index contributed by atoms with van der Waals surface area (Å²) in [5, 5.41) is 5.26. The van der Waals surface area contributed by atoms with Gasteiger partial charge in [0.1, 0.15) is 18.1 Å². The van der Waals surface area contributed by atoms with Crippen molar-refractivity contribution < 1.29 is 23.5 Å². The van der Waals surface area contributed by atoms with Gasteiger partial charge in [0, 0.05) is 30.7 Å². The van der Waals surface area contributed by atoms with E-state index >= 15 is 0 Å². The molecule has 7 nitrogen and oxygen atoms in total. The minimum atomic E-state index is -0.515. The maximum Gasteiger partial charge on any atom is 0.252 e. The van der Waals surface area contributed by atoms with E-state index < -0.39 is 11.7 Å². The first-order valence-corrected chi connectivity index (χ1v) is 8.90. The predicted molar refractivity (Wildman–Crippen MR) is 101 cm³/mol. The number of nitrogens with one attached hydrogen (secondary N) is 2. The lowest BCUT2D eigenvalue weighted by molar-refractivity contribution is -0.116. The zero-order chi connectivity index (χ0) is 19.6. The zero-order valence-corrected chi connectivity index (χ0v) is 16.2. The average Bonchev–Trinajstić information content (AvgIpc) is 2.65. The Labute approximate surface area is 164 Å². The maximum atomic E-state index is 13.3. The minimum absolute atomic E-state index is 0.0328. The van der Waals surface area contributed by atoms with E-state index in [0.29, 0.717) is 23.4 Å². The summed E-state index contributed by atoms with van der Waals surface area (Å²) < 4.78 is 24.1. The Balaban J connectivity index is 1.84. The fourth-order valence-corrected chi connectivity index (χ4v) is 2.52. The molecule has 2 amide bonds. The van der Waals surface area contributed by atoms with Gasteiger partial charge in [0.2, 0.25) is 11.8 Å². The van der Waals surface area contributed by atoms with Gasteiger partial charge in [0.15, 0.2) is 0 Å². The number of hydrogen-bond acceptors (Lipinski definition) is 5. The molecular formula is C18H19BrFN3O4. The number of halogens is 2. The van der Waals surface area contributed by atoms with Crippen LogP contribution in [0.25, 0.3) is 0 Å². The molecule has 0 aliphatic carbocycles. The summed E-state index contributed by atoms with van der Waals surface area (Å²) in [5.74, 6) is -1.02. The molecule has 0 aliphatic rings. The molecule has 9 heteroatoms. The third-order valence-corrected chi connectivity index (χ3v) is 4.07. The van der Waals surface area contributed by atoms with Crippen molar-refractivity contribution in [1.29, 1.82) is 0 Å². The third kappa shape index (κ3) is 6.61. The summed E-state index contributed by atoms with van der Waals surface area (Å²) >= 11 is 3.19. The van der Waals surface area contributed by atoms with E-state index in [1.165, 1.54) is 12.1 Å². The number of carbonyl (C=O) groups excluding carboxylic acids is 2. The Morgan fingerprint density at radius 1 is 1.26 bits per heavy atom.